The molecule has 2 aromatic rings. The van der Waals surface area contributed by atoms with Crippen molar-refractivity contribution in [2.45, 2.75) is 44.9 Å². The SMILES string of the molecule is O=C(NCCC1=CCCCC1)c1ccccc1CCc1ccccc1. The Balaban J connectivity index is 1.55. The topological polar surface area (TPSA) is 29.1 Å². The second-order valence-electron chi connectivity index (χ2n) is 6.76. The average Bonchev–Trinajstić information content (AvgIpc) is 2.68. The Morgan fingerprint density at radius 2 is 1.68 bits per heavy atom. The third-order valence-electron chi connectivity index (χ3n) is 4.90. The monoisotopic (exact) mass is 333 g/mol. The summed E-state index contributed by atoms with van der Waals surface area (Å²) in [5, 5.41) is 3.11. The number of allylic oxidation sites excluding steroid dienone is 1. The van der Waals surface area contributed by atoms with Gasteiger partial charge in [-0.1, -0.05) is 60.2 Å². The molecule has 1 amide bonds. The molecule has 0 heterocycles. The standard InChI is InChI=1S/C23H27NO/c25-23(24-18-17-20-11-5-2-6-12-20)22-14-8-7-13-21(22)16-15-19-9-3-1-4-10-19/h1,3-4,7-11,13-14H,2,5-6,12,15-18H2,(H,24,25). The zero-order valence-corrected chi connectivity index (χ0v) is 14.8. The lowest BCUT2D eigenvalue weighted by atomic mass is 9.97. The number of aryl methyl sites for hydroxylation is 2. The van der Waals surface area contributed by atoms with E-state index in [2.05, 4.69) is 41.7 Å². The van der Waals surface area contributed by atoms with Crippen molar-refractivity contribution in [2.75, 3.05) is 6.54 Å². The molecule has 2 nitrogen and oxygen atoms in total. The Hall–Kier alpha value is -2.35. The lowest BCUT2D eigenvalue weighted by Crippen LogP contribution is -2.26. The molecular weight excluding hydrogens is 306 g/mol. The highest BCUT2D eigenvalue weighted by atomic mass is 16.1. The summed E-state index contributed by atoms with van der Waals surface area (Å²) in [5.74, 6) is 0.0556. The summed E-state index contributed by atoms with van der Waals surface area (Å²) in [7, 11) is 0. The summed E-state index contributed by atoms with van der Waals surface area (Å²) in [4.78, 5) is 12.6. The minimum Gasteiger partial charge on any atom is -0.352 e. The third-order valence-corrected chi connectivity index (χ3v) is 4.90. The molecular formula is C23H27NO. The van der Waals surface area contributed by atoms with Gasteiger partial charge in [0, 0.05) is 12.1 Å². The van der Waals surface area contributed by atoms with Gasteiger partial charge >= 0.3 is 0 Å². The van der Waals surface area contributed by atoms with Gasteiger partial charge in [-0.05, 0) is 62.1 Å². The first-order valence-corrected chi connectivity index (χ1v) is 9.41. The molecule has 0 saturated heterocycles. The summed E-state index contributed by atoms with van der Waals surface area (Å²) in [6, 6.07) is 18.4. The number of carbonyl (C=O) groups excluding carboxylic acids is 1. The third kappa shape index (κ3) is 5.32. The number of benzene rings is 2. The van der Waals surface area contributed by atoms with E-state index < -0.39 is 0 Å². The van der Waals surface area contributed by atoms with Crippen LogP contribution in [0.2, 0.25) is 0 Å². The van der Waals surface area contributed by atoms with Crippen LogP contribution in [0, 0.1) is 0 Å². The first-order chi connectivity index (χ1) is 12.3. The second-order valence-corrected chi connectivity index (χ2v) is 6.76. The second kappa shape index (κ2) is 9.22. The van der Waals surface area contributed by atoms with Crippen molar-refractivity contribution >= 4 is 5.91 Å². The molecule has 0 saturated carbocycles. The summed E-state index contributed by atoms with van der Waals surface area (Å²) < 4.78 is 0. The fourth-order valence-electron chi connectivity index (χ4n) is 3.45. The van der Waals surface area contributed by atoms with E-state index in [4.69, 9.17) is 0 Å². The first kappa shape index (κ1) is 17.5. The summed E-state index contributed by atoms with van der Waals surface area (Å²) in [5.41, 5.74) is 4.75. The van der Waals surface area contributed by atoms with E-state index in [-0.39, 0.29) is 5.91 Å². The minimum absolute atomic E-state index is 0.0556. The van der Waals surface area contributed by atoms with Crippen molar-refractivity contribution in [3.8, 4) is 0 Å². The van der Waals surface area contributed by atoms with Gasteiger partial charge in [0.15, 0.2) is 0 Å². The molecule has 0 radical (unpaired) electrons. The van der Waals surface area contributed by atoms with Crippen molar-refractivity contribution in [3.63, 3.8) is 0 Å². The predicted molar refractivity (Wildman–Crippen MR) is 104 cm³/mol. The van der Waals surface area contributed by atoms with E-state index in [1.165, 1.54) is 36.8 Å². The number of nitrogens with one attached hydrogen (secondary N) is 1. The van der Waals surface area contributed by atoms with Crippen molar-refractivity contribution in [3.05, 3.63) is 82.9 Å². The molecule has 0 spiro atoms. The van der Waals surface area contributed by atoms with Gasteiger partial charge in [-0.25, -0.2) is 0 Å². The van der Waals surface area contributed by atoms with Crippen molar-refractivity contribution in [2.24, 2.45) is 0 Å². The first-order valence-electron chi connectivity index (χ1n) is 9.41. The number of hydrogen-bond acceptors (Lipinski definition) is 1. The van der Waals surface area contributed by atoms with Gasteiger partial charge in [-0.2, -0.15) is 0 Å². The summed E-state index contributed by atoms with van der Waals surface area (Å²) in [6.45, 7) is 0.734. The summed E-state index contributed by atoms with van der Waals surface area (Å²) >= 11 is 0. The molecule has 130 valence electrons. The highest BCUT2D eigenvalue weighted by molar-refractivity contribution is 5.95. The van der Waals surface area contributed by atoms with E-state index in [0.717, 1.165) is 36.9 Å². The van der Waals surface area contributed by atoms with Crippen molar-refractivity contribution < 1.29 is 4.79 Å². The fourth-order valence-corrected chi connectivity index (χ4v) is 3.45. The molecule has 2 heteroatoms. The van der Waals surface area contributed by atoms with E-state index in [1.807, 2.05) is 24.3 Å². The molecule has 2 aromatic carbocycles. The minimum atomic E-state index is 0.0556. The molecule has 1 aliphatic carbocycles. The zero-order chi connectivity index (χ0) is 17.3. The van der Waals surface area contributed by atoms with E-state index in [1.54, 1.807) is 0 Å². The number of hydrogen-bond donors (Lipinski definition) is 1. The van der Waals surface area contributed by atoms with Crippen LogP contribution in [0.1, 0.15) is 53.6 Å². The maximum atomic E-state index is 12.6. The van der Waals surface area contributed by atoms with Crippen LogP contribution in [0.3, 0.4) is 0 Å². The summed E-state index contributed by atoms with van der Waals surface area (Å²) in [6.07, 6.45) is 10.2. The van der Waals surface area contributed by atoms with Gasteiger partial charge in [0.2, 0.25) is 0 Å². The van der Waals surface area contributed by atoms with Crippen LogP contribution < -0.4 is 5.32 Å². The fraction of sp³-hybridized carbons (Fsp3) is 0.348. The molecule has 0 fully saturated rings. The van der Waals surface area contributed by atoms with Gasteiger partial charge in [-0.3, -0.25) is 4.79 Å². The average molecular weight is 333 g/mol. The predicted octanol–water partition coefficient (Wildman–Crippen LogP) is 5.09. The molecule has 0 atom stereocenters. The molecule has 1 aliphatic rings. The Morgan fingerprint density at radius 3 is 2.48 bits per heavy atom. The maximum Gasteiger partial charge on any atom is 0.251 e. The Morgan fingerprint density at radius 1 is 0.880 bits per heavy atom. The Bertz CT molecular complexity index is 718. The Labute approximate surface area is 151 Å². The lowest BCUT2D eigenvalue weighted by Gasteiger charge is -2.14. The van der Waals surface area contributed by atoms with Crippen LogP contribution in [-0.2, 0) is 12.8 Å². The molecule has 0 unspecified atom stereocenters. The van der Waals surface area contributed by atoms with Crippen molar-refractivity contribution in [1.82, 2.24) is 5.32 Å². The molecule has 25 heavy (non-hydrogen) atoms. The largest absolute Gasteiger partial charge is 0.352 e. The van der Waals surface area contributed by atoms with Crippen LogP contribution in [0.25, 0.3) is 0 Å². The van der Waals surface area contributed by atoms with E-state index >= 15 is 0 Å². The van der Waals surface area contributed by atoms with Crippen LogP contribution >= 0.6 is 0 Å². The van der Waals surface area contributed by atoms with Gasteiger partial charge in [-0.15, -0.1) is 0 Å². The smallest absolute Gasteiger partial charge is 0.251 e. The van der Waals surface area contributed by atoms with Gasteiger partial charge in [0.25, 0.3) is 5.91 Å². The number of amides is 1. The van der Waals surface area contributed by atoms with Gasteiger partial charge in [0.1, 0.15) is 0 Å². The highest BCUT2D eigenvalue weighted by Gasteiger charge is 2.11. The Kier molecular flexibility index (Phi) is 6.44. The number of carbonyl (C=O) groups is 1. The normalized spacial score (nSPS) is 14.0. The molecule has 0 aromatic heterocycles. The highest BCUT2D eigenvalue weighted by Crippen LogP contribution is 2.19. The quantitative estimate of drug-likeness (QED) is 0.702. The van der Waals surface area contributed by atoms with Gasteiger partial charge < -0.3 is 5.32 Å². The van der Waals surface area contributed by atoms with Crippen LogP contribution in [0.5, 0.6) is 0 Å². The lowest BCUT2D eigenvalue weighted by molar-refractivity contribution is 0.0953. The van der Waals surface area contributed by atoms with E-state index in [9.17, 15) is 4.79 Å². The maximum absolute atomic E-state index is 12.6. The zero-order valence-electron chi connectivity index (χ0n) is 14.8. The molecule has 1 N–H and O–H groups in total. The molecule has 0 bridgehead atoms. The van der Waals surface area contributed by atoms with Gasteiger partial charge in [0.05, 0.1) is 0 Å². The number of rotatable bonds is 7. The van der Waals surface area contributed by atoms with E-state index in [0.29, 0.717) is 0 Å². The molecule has 3 rings (SSSR count). The van der Waals surface area contributed by atoms with Crippen LogP contribution in [0.4, 0.5) is 0 Å². The van der Waals surface area contributed by atoms with Crippen molar-refractivity contribution in [1.29, 1.82) is 0 Å². The van der Waals surface area contributed by atoms with Crippen LogP contribution in [-0.4, -0.2) is 12.5 Å². The molecule has 0 aliphatic heterocycles. The van der Waals surface area contributed by atoms with Crippen LogP contribution in [0.15, 0.2) is 66.2 Å².